The summed E-state index contributed by atoms with van der Waals surface area (Å²) in [6.07, 6.45) is 9.37. The molecule has 6 nitrogen and oxygen atoms in total. The minimum absolute atomic E-state index is 0.244. The predicted octanol–water partition coefficient (Wildman–Crippen LogP) is 3.51. The number of hydrazone groups is 1. The topological polar surface area (TPSA) is 83.0 Å². The molecule has 0 aliphatic carbocycles. The molecule has 0 atom stereocenters. The highest BCUT2D eigenvalue weighted by Crippen LogP contribution is 2.04. The quantitative estimate of drug-likeness (QED) is 0.397. The van der Waals surface area contributed by atoms with Crippen LogP contribution in [-0.4, -0.2) is 21.4 Å². The number of rotatable bonds is 10. The lowest BCUT2D eigenvalue weighted by Gasteiger charge is -2.01. The molecule has 0 unspecified atom stereocenters. The van der Waals surface area contributed by atoms with E-state index in [9.17, 15) is 4.79 Å². The van der Waals surface area contributed by atoms with E-state index in [-0.39, 0.29) is 11.5 Å². The molecule has 0 saturated heterocycles. The van der Waals surface area contributed by atoms with Crippen LogP contribution in [0.2, 0.25) is 0 Å². The Hall–Kier alpha value is -2.50. The van der Waals surface area contributed by atoms with Gasteiger partial charge >= 0.3 is 0 Å². The van der Waals surface area contributed by atoms with Crippen molar-refractivity contribution in [3.63, 3.8) is 0 Å². The molecule has 1 aromatic carbocycles. The lowest BCUT2D eigenvalue weighted by atomic mass is 10.1. The summed E-state index contributed by atoms with van der Waals surface area (Å²) in [5.41, 5.74) is 3.90. The van der Waals surface area contributed by atoms with Crippen LogP contribution in [-0.2, 0) is 6.42 Å². The van der Waals surface area contributed by atoms with Crippen LogP contribution in [0.4, 0.5) is 5.95 Å². The number of nitrogens with one attached hydrogen (secondary N) is 2. The van der Waals surface area contributed by atoms with Crippen molar-refractivity contribution in [2.24, 2.45) is 5.10 Å². The van der Waals surface area contributed by atoms with E-state index in [1.54, 1.807) is 0 Å². The Balaban J connectivity index is 1.78. The minimum atomic E-state index is -0.244. The maximum atomic E-state index is 12.0. The smallest absolute Gasteiger partial charge is 0.274 e. The van der Waals surface area contributed by atoms with Crippen LogP contribution >= 0.6 is 0 Å². The zero-order valence-corrected chi connectivity index (χ0v) is 14.2. The first kappa shape index (κ1) is 17.8. The molecule has 6 heteroatoms. The highest BCUT2D eigenvalue weighted by molar-refractivity contribution is 5.58. The van der Waals surface area contributed by atoms with Crippen molar-refractivity contribution in [1.82, 2.24) is 15.2 Å². The van der Waals surface area contributed by atoms with Gasteiger partial charge in [0.1, 0.15) is 5.69 Å². The SMILES string of the molecule is CCCCCCCC=NNc1nnc(Cc2ccccc2)c(=O)[nH]1. The number of hydrogen-bond donors (Lipinski definition) is 2. The van der Waals surface area contributed by atoms with Gasteiger partial charge < -0.3 is 0 Å². The molecular formula is C18H25N5O. The number of H-pyrrole nitrogens is 1. The molecule has 0 bridgehead atoms. The summed E-state index contributed by atoms with van der Waals surface area (Å²) in [6, 6.07) is 9.72. The van der Waals surface area contributed by atoms with Gasteiger partial charge in [0.2, 0.25) is 5.95 Å². The van der Waals surface area contributed by atoms with Crippen molar-refractivity contribution >= 4 is 12.2 Å². The monoisotopic (exact) mass is 327 g/mol. The lowest BCUT2D eigenvalue weighted by Crippen LogP contribution is -2.18. The molecule has 0 fully saturated rings. The van der Waals surface area contributed by atoms with Crippen molar-refractivity contribution in [3.05, 3.63) is 51.9 Å². The third-order valence-electron chi connectivity index (χ3n) is 3.68. The van der Waals surface area contributed by atoms with Crippen molar-refractivity contribution in [1.29, 1.82) is 0 Å². The molecule has 0 saturated carbocycles. The first-order valence-corrected chi connectivity index (χ1v) is 8.57. The maximum Gasteiger partial charge on any atom is 0.274 e. The Morgan fingerprint density at radius 3 is 2.67 bits per heavy atom. The molecule has 1 heterocycles. The van der Waals surface area contributed by atoms with Gasteiger partial charge in [-0.1, -0.05) is 62.9 Å². The Labute approximate surface area is 142 Å². The molecule has 0 spiro atoms. The van der Waals surface area contributed by atoms with Crippen molar-refractivity contribution < 1.29 is 0 Å². The third-order valence-corrected chi connectivity index (χ3v) is 3.68. The van der Waals surface area contributed by atoms with Crippen molar-refractivity contribution in [2.75, 3.05) is 5.43 Å². The van der Waals surface area contributed by atoms with Gasteiger partial charge in [0.15, 0.2) is 0 Å². The number of benzene rings is 1. The third kappa shape index (κ3) is 6.32. The van der Waals surface area contributed by atoms with Gasteiger partial charge in [-0.25, -0.2) is 5.43 Å². The molecule has 24 heavy (non-hydrogen) atoms. The Morgan fingerprint density at radius 1 is 1.12 bits per heavy atom. The van der Waals surface area contributed by atoms with E-state index in [0.717, 1.165) is 18.4 Å². The average Bonchev–Trinajstić information content (AvgIpc) is 2.60. The van der Waals surface area contributed by atoms with Gasteiger partial charge in [0, 0.05) is 12.6 Å². The highest BCUT2D eigenvalue weighted by Gasteiger charge is 2.05. The molecule has 0 amide bonds. The molecule has 1 aromatic heterocycles. The van der Waals surface area contributed by atoms with Gasteiger partial charge in [-0.3, -0.25) is 9.78 Å². The first-order valence-electron chi connectivity index (χ1n) is 8.57. The van der Waals surface area contributed by atoms with Crippen LogP contribution in [0, 0.1) is 0 Å². The van der Waals surface area contributed by atoms with E-state index >= 15 is 0 Å². The molecule has 0 radical (unpaired) electrons. The highest BCUT2D eigenvalue weighted by atomic mass is 16.1. The molecule has 0 aliphatic heterocycles. The number of aromatic amines is 1. The van der Waals surface area contributed by atoms with E-state index in [1.165, 1.54) is 25.7 Å². The second-order valence-corrected chi connectivity index (χ2v) is 5.74. The van der Waals surface area contributed by atoms with Crippen LogP contribution in [0.3, 0.4) is 0 Å². The van der Waals surface area contributed by atoms with Gasteiger partial charge in [-0.05, 0) is 18.4 Å². The normalized spacial score (nSPS) is 11.0. The fourth-order valence-electron chi connectivity index (χ4n) is 2.33. The van der Waals surface area contributed by atoms with Crippen LogP contribution in [0.1, 0.15) is 56.7 Å². The van der Waals surface area contributed by atoms with E-state index in [4.69, 9.17) is 0 Å². The van der Waals surface area contributed by atoms with E-state index < -0.39 is 0 Å². The summed E-state index contributed by atoms with van der Waals surface area (Å²) in [7, 11) is 0. The van der Waals surface area contributed by atoms with E-state index in [2.05, 4.69) is 32.6 Å². The van der Waals surface area contributed by atoms with Crippen molar-refractivity contribution in [2.45, 2.75) is 51.9 Å². The molecule has 2 N–H and O–H groups in total. The molecule has 0 aliphatic rings. The van der Waals surface area contributed by atoms with E-state index in [1.807, 2.05) is 36.5 Å². The molecule has 2 aromatic rings. The fourth-order valence-corrected chi connectivity index (χ4v) is 2.33. The number of aromatic nitrogens is 3. The minimum Gasteiger partial charge on any atom is -0.288 e. The van der Waals surface area contributed by atoms with Crippen LogP contribution in [0.25, 0.3) is 0 Å². The van der Waals surface area contributed by atoms with Gasteiger partial charge in [0.05, 0.1) is 0 Å². The van der Waals surface area contributed by atoms with Crippen LogP contribution in [0.15, 0.2) is 40.2 Å². The molecule has 128 valence electrons. The number of hydrogen-bond acceptors (Lipinski definition) is 5. The van der Waals surface area contributed by atoms with Gasteiger partial charge in [0.25, 0.3) is 5.56 Å². The summed E-state index contributed by atoms with van der Waals surface area (Å²) < 4.78 is 0. The standard InChI is InChI=1S/C18H25N5O/c1-2-3-4-5-6-10-13-19-22-18-20-17(24)16(21-23-18)14-15-11-8-7-9-12-15/h7-9,11-13H,2-6,10,14H2,1H3,(H2,20,22,23,24). The largest absolute Gasteiger partial charge is 0.288 e. The average molecular weight is 327 g/mol. The summed E-state index contributed by atoms with van der Waals surface area (Å²) in [6.45, 7) is 2.21. The maximum absolute atomic E-state index is 12.0. The fraction of sp³-hybridized carbons (Fsp3) is 0.444. The number of anilines is 1. The number of nitrogens with zero attached hydrogens (tertiary/aromatic N) is 3. The second-order valence-electron chi connectivity index (χ2n) is 5.74. The number of unbranched alkanes of at least 4 members (excludes halogenated alkanes) is 5. The predicted molar refractivity (Wildman–Crippen MR) is 97.4 cm³/mol. The van der Waals surface area contributed by atoms with Crippen molar-refractivity contribution in [3.8, 4) is 0 Å². The first-order chi connectivity index (χ1) is 11.8. The van der Waals surface area contributed by atoms with Crippen LogP contribution < -0.4 is 11.0 Å². The summed E-state index contributed by atoms with van der Waals surface area (Å²) in [4.78, 5) is 14.7. The zero-order valence-electron chi connectivity index (χ0n) is 14.2. The molecular weight excluding hydrogens is 302 g/mol. The van der Waals surface area contributed by atoms with E-state index in [0.29, 0.717) is 12.1 Å². The Morgan fingerprint density at radius 2 is 1.92 bits per heavy atom. The van der Waals surface area contributed by atoms with Gasteiger partial charge in [-0.2, -0.15) is 5.10 Å². The summed E-state index contributed by atoms with van der Waals surface area (Å²) in [5, 5.41) is 12.0. The summed E-state index contributed by atoms with van der Waals surface area (Å²) in [5.74, 6) is 0.263. The zero-order chi connectivity index (χ0) is 17.0. The Kier molecular flexibility index (Phi) is 7.67. The molecule has 2 rings (SSSR count). The Bertz CT molecular complexity index is 681. The van der Waals surface area contributed by atoms with Crippen LogP contribution in [0.5, 0.6) is 0 Å². The second kappa shape index (κ2) is 10.3. The lowest BCUT2D eigenvalue weighted by molar-refractivity contribution is 0.645. The summed E-state index contributed by atoms with van der Waals surface area (Å²) >= 11 is 0. The van der Waals surface area contributed by atoms with Gasteiger partial charge in [-0.15, -0.1) is 10.2 Å².